The summed E-state index contributed by atoms with van der Waals surface area (Å²) < 4.78 is 83.6. The highest BCUT2D eigenvalue weighted by molar-refractivity contribution is 5.96. The van der Waals surface area contributed by atoms with E-state index in [4.69, 9.17) is 4.74 Å². The van der Waals surface area contributed by atoms with Crippen LogP contribution in [0.2, 0.25) is 0 Å². The lowest BCUT2D eigenvalue weighted by molar-refractivity contribution is -0.143. The van der Waals surface area contributed by atoms with Crippen molar-refractivity contribution in [1.82, 2.24) is 10.2 Å². The minimum atomic E-state index is -5.09. The van der Waals surface area contributed by atoms with Crippen LogP contribution in [0.25, 0.3) is 0 Å². The summed E-state index contributed by atoms with van der Waals surface area (Å²) in [5.41, 5.74) is -3.88. The van der Waals surface area contributed by atoms with Crippen molar-refractivity contribution in [2.75, 3.05) is 26.3 Å². The molecule has 10 heteroatoms. The Morgan fingerprint density at radius 2 is 1.75 bits per heavy atom. The molecule has 1 aromatic carbocycles. The lowest BCUT2D eigenvalue weighted by Crippen LogP contribution is -2.56. The molecule has 0 unspecified atom stereocenters. The summed E-state index contributed by atoms with van der Waals surface area (Å²) in [5.74, 6) is -1.05. The summed E-state index contributed by atoms with van der Waals surface area (Å²) in [6.07, 6.45) is -7.38. The third-order valence-corrected chi connectivity index (χ3v) is 5.14. The molecule has 1 aromatic rings. The van der Waals surface area contributed by atoms with Crippen molar-refractivity contribution in [2.24, 2.45) is 0 Å². The largest absolute Gasteiger partial charge is 0.417 e. The Morgan fingerprint density at radius 3 is 2.36 bits per heavy atom. The molecule has 1 N–H and O–H groups in total. The Morgan fingerprint density at radius 1 is 1.07 bits per heavy atom. The van der Waals surface area contributed by atoms with E-state index in [1.165, 1.54) is 0 Å². The average Bonchev–Trinajstić information content (AvgIpc) is 3.14. The van der Waals surface area contributed by atoms with Crippen molar-refractivity contribution in [3.63, 3.8) is 0 Å². The highest BCUT2D eigenvalue weighted by atomic mass is 19.4. The molecule has 2 atom stereocenters. The van der Waals surface area contributed by atoms with E-state index >= 15 is 0 Å². The van der Waals surface area contributed by atoms with Crippen molar-refractivity contribution in [2.45, 2.75) is 43.7 Å². The van der Waals surface area contributed by atoms with Gasteiger partial charge in [-0.3, -0.25) is 9.69 Å². The number of carbonyl (C=O) groups is 1. The van der Waals surface area contributed by atoms with Gasteiger partial charge in [-0.2, -0.15) is 26.3 Å². The molecule has 1 amide bonds. The van der Waals surface area contributed by atoms with Crippen LogP contribution in [0.5, 0.6) is 0 Å². The van der Waals surface area contributed by atoms with Gasteiger partial charge in [0.25, 0.3) is 5.91 Å². The first-order chi connectivity index (χ1) is 13.1. The fourth-order valence-corrected chi connectivity index (χ4v) is 3.77. The molecule has 2 fully saturated rings. The van der Waals surface area contributed by atoms with Crippen molar-refractivity contribution in [3.05, 3.63) is 34.9 Å². The molecule has 4 nitrogen and oxygen atoms in total. The van der Waals surface area contributed by atoms with E-state index in [1.54, 1.807) is 0 Å². The van der Waals surface area contributed by atoms with Crippen LogP contribution in [0.1, 0.15) is 40.7 Å². The maximum Gasteiger partial charge on any atom is 0.417 e. The predicted molar refractivity (Wildman–Crippen MR) is 87.7 cm³/mol. The van der Waals surface area contributed by atoms with E-state index in [0.717, 1.165) is 25.9 Å². The Hall–Kier alpha value is -1.81. The van der Waals surface area contributed by atoms with E-state index in [0.29, 0.717) is 25.2 Å². The zero-order valence-corrected chi connectivity index (χ0v) is 14.9. The molecule has 3 rings (SSSR count). The zero-order valence-electron chi connectivity index (χ0n) is 14.9. The highest BCUT2D eigenvalue weighted by Crippen LogP contribution is 2.37. The quantitative estimate of drug-likeness (QED) is 0.773. The lowest BCUT2D eigenvalue weighted by Gasteiger charge is -2.38. The molecule has 2 saturated heterocycles. The van der Waals surface area contributed by atoms with Crippen LogP contribution < -0.4 is 5.32 Å². The van der Waals surface area contributed by atoms with Gasteiger partial charge in [-0.15, -0.1) is 0 Å². The first-order valence-electron chi connectivity index (χ1n) is 8.98. The van der Waals surface area contributed by atoms with E-state index in [2.05, 4.69) is 10.2 Å². The standard InChI is InChI=1S/C18H20F6N2O2/c19-17(20,21)11-3-4-12(13(9-11)18(22,23)24)16(27)25-14-10-28-8-5-15(14)26-6-1-2-7-26/h3-4,9,14-15H,1-2,5-8,10H2,(H,25,27)/t14-,15-/m0/s1. The van der Waals surface area contributed by atoms with Crippen molar-refractivity contribution in [1.29, 1.82) is 0 Å². The summed E-state index contributed by atoms with van der Waals surface area (Å²) in [6.45, 7) is 2.31. The Labute approximate surface area is 157 Å². The lowest BCUT2D eigenvalue weighted by atomic mass is 9.99. The summed E-state index contributed by atoms with van der Waals surface area (Å²) in [4.78, 5) is 14.7. The smallest absolute Gasteiger partial charge is 0.379 e. The number of hydrogen-bond donors (Lipinski definition) is 1. The van der Waals surface area contributed by atoms with Gasteiger partial charge < -0.3 is 10.1 Å². The van der Waals surface area contributed by atoms with E-state index in [9.17, 15) is 31.1 Å². The summed E-state index contributed by atoms with van der Waals surface area (Å²) >= 11 is 0. The molecule has 0 aromatic heterocycles. The van der Waals surface area contributed by atoms with Gasteiger partial charge in [0.1, 0.15) is 0 Å². The van der Waals surface area contributed by atoms with Gasteiger partial charge in [-0.25, -0.2) is 0 Å². The maximum atomic E-state index is 13.3. The number of nitrogens with zero attached hydrogens (tertiary/aromatic N) is 1. The second-order valence-corrected chi connectivity index (χ2v) is 7.01. The third-order valence-electron chi connectivity index (χ3n) is 5.14. The Bertz CT molecular complexity index is 713. The number of amides is 1. The summed E-state index contributed by atoms with van der Waals surface area (Å²) in [5, 5.41) is 2.55. The minimum Gasteiger partial charge on any atom is -0.379 e. The zero-order chi connectivity index (χ0) is 20.5. The fourth-order valence-electron chi connectivity index (χ4n) is 3.77. The third kappa shape index (κ3) is 4.60. The normalized spacial score (nSPS) is 24.4. The average molecular weight is 410 g/mol. The number of benzene rings is 1. The van der Waals surface area contributed by atoms with Crippen LogP contribution in [0.4, 0.5) is 26.3 Å². The monoisotopic (exact) mass is 410 g/mol. The van der Waals surface area contributed by atoms with Gasteiger partial charge in [0, 0.05) is 12.6 Å². The number of halogens is 6. The number of likely N-dealkylation sites (tertiary alicyclic amines) is 1. The molecule has 156 valence electrons. The molecule has 2 heterocycles. The number of hydrogen-bond acceptors (Lipinski definition) is 3. The van der Waals surface area contributed by atoms with Gasteiger partial charge in [0.15, 0.2) is 0 Å². The van der Waals surface area contributed by atoms with Crippen LogP contribution in [-0.2, 0) is 17.1 Å². The summed E-state index contributed by atoms with van der Waals surface area (Å²) in [7, 11) is 0. The highest BCUT2D eigenvalue weighted by Gasteiger charge is 2.40. The molecular weight excluding hydrogens is 390 g/mol. The second kappa shape index (κ2) is 7.90. The molecular formula is C18H20F6N2O2. The number of alkyl halides is 6. The van der Waals surface area contributed by atoms with Crippen LogP contribution in [0.3, 0.4) is 0 Å². The van der Waals surface area contributed by atoms with E-state index in [-0.39, 0.29) is 18.7 Å². The van der Waals surface area contributed by atoms with Crippen molar-refractivity contribution >= 4 is 5.91 Å². The van der Waals surface area contributed by atoms with Gasteiger partial charge >= 0.3 is 12.4 Å². The summed E-state index contributed by atoms with van der Waals surface area (Å²) in [6, 6.07) is 0.450. The number of rotatable bonds is 3. The molecule has 0 bridgehead atoms. The Kier molecular flexibility index (Phi) is 5.90. The van der Waals surface area contributed by atoms with Crippen molar-refractivity contribution < 1.29 is 35.9 Å². The van der Waals surface area contributed by atoms with Gasteiger partial charge in [-0.05, 0) is 50.6 Å². The van der Waals surface area contributed by atoms with E-state index < -0.39 is 41.0 Å². The molecule has 28 heavy (non-hydrogen) atoms. The molecule has 0 radical (unpaired) electrons. The minimum absolute atomic E-state index is 0.0236. The van der Waals surface area contributed by atoms with E-state index in [1.807, 2.05) is 0 Å². The van der Waals surface area contributed by atoms with Gasteiger partial charge in [-0.1, -0.05) is 0 Å². The van der Waals surface area contributed by atoms with Crippen molar-refractivity contribution in [3.8, 4) is 0 Å². The SMILES string of the molecule is O=C(N[C@H]1COCC[C@@H]1N1CCCC1)c1ccc(C(F)(F)F)cc1C(F)(F)F. The van der Waals surface area contributed by atoms with Gasteiger partial charge in [0.2, 0.25) is 0 Å². The number of carbonyl (C=O) groups excluding carboxylic acids is 1. The first kappa shape index (κ1) is 20.9. The molecule has 2 aliphatic rings. The molecule has 0 saturated carbocycles. The second-order valence-electron chi connectivity index (χ2n) is 7.01. The molecule has 2 aliphatic heterocycles. The topological polar surface area (TPSA) is 41.6 Å². The van der Waals surface area contributed by atoms with Crippen LogP contribution in [-0.4, -0.2) is 49.2 Å². The molecule has 0 spiro atoms. The number of nitrogens with one attached hydrogen (secondary N) is 1. The Balaban J connectivity index is 1.84. The number of ether oxygens (including phenoxy) is 1. The fraction of sp³-hybridized carbons (Fsp3) is 0.611. The van der Waals surface area contributed by atoms with Crippen LogP contribution in [0.15, 0.2) is 18.2 Å². The molecule has 0 aliphatic carbocycles. The predicted octanol–water partition coefficient (Wildman–Crippen LogP) is 3.71. The maximum absolute atomic E-state index is 13.3. The first-order valence-corrected chi connectivity index (χ1v) is 8.98. The van der Waals surface area contributed by atoms with Gasteiger partial charge in [0.05, 0.1) is 29.3 Å². The van der Waals surface area contributed by atoms with Crippen LogP contribution >= 0.6 is 0 Å². The van der Waals surface area contributed by atoms with Crippen LogP contribution in [0, 0.1) is 0 Å².